The zero-order valence-electron chi connectivity index (χ0n) is 12.6. The summed E-state index contributed by atoms with van der Waals surface area (Å²) in [4.78, 5) is 13.6. The van der Waals surface area contributed by atoms with E-state index in [9.17, 15) is 13.2 Å². The van der Waals surface area contributed by atoms with Gasteiger partial charge in [0, 0.05) is 30.6 Å². The summed E-state index contributed by atoms with van der Waals surface area (Å²) in [5, 5.41) is 0.437. The first-order valence-corrected chi connectivity index (χ1v) is 9.42. The molecule has 2 rings (SSSR count). The van der Waals surface area contributed by atoms with Crippen LogP contribution in [-0.4, -0.2) is 38.4 Å². The number of carbonyl (C=O) groups is 1. The minimum atomic E-state index is -3.48. The Morgan fingerprint density at radius 2 is 2.05 bits per heavy atom. The Hall–Kier alpha value is -1.11. The van der Waals surface area contributed by atoms with E-state index >= 15 is 0 Å². The fraction of sp³-hybridized carbons (Fsp3) is 0.533. The van der Waals surface area contributed by atoms with Crippen LogP contribution in [-0.2, 0) is 20.6 Å². The van der Waals surface area contributed by atoms with E-state index in [4.69, 9.17) is 11.6 Å². The molecule has 0 saturated carbocycles. The van der Waals surface area contributed by atoms with Crippen molar-refractivity contribution in [3.63, 3.8) is 0 Å². The second-order valence-electron chi connectivity index (χ2n) is 5.59. The maximum atomic E-state index is 12.1. The van der Waals surface area contributed by atoms with Crippen LogP contribution in [0.5, 0.6) is 0 Å². The van der Waals surface area contributed by atoms with Gasteiger partial charge in [0.05, 0.1) is 5.75 Å². The lowest BCUT2D eigenvalue weighted by atomic mass is 10.1. The number of benzene rings is 1. The summed E-state index contributed by atoms with van der Waals surface area (Å²) in [6.45, 7) is 2.78. The van der Waals surface area contributed by atoms with E-state index in [0.717, 1.165) is 12.8 Å². The molecule has 1 heterocycles. The molecule has 0 radical (unpaired) electrons. The molecule has 1 amide bonds. The number of carbonyl (C=O) groups excluding carboxylic acids is 1. The molecular formula is C15H21ClN2O3S. The third kappa shape index (κ3) is 4.69. The molecule has 0 bridgehead atoms. The standard InChI is InChI=1S/C15H21ClN2O3S/c1-12(18-9-5-4-8-15(18)19)10-17-22(20,21)11-13-6-2-3-7-14(13)16/h2-3,6-7,12,17H,4-5,8-11H2,1H3/t12-/m0/s1. The highest BCUT2D eigenvalue weighted by atomic mass is 35.5. The Bertz CT molecular complexity index is 633. The zero-order valence-corrected chi connectivity index (χ0v) is 14.2. The number of piperidine rings is 1. The molecule has 1 aromatic carbocycles. The van der Waals surface area contributed by atoms with Gasteiger partial charge in [-0.05, 0) is 31.4 Å². The largest absolute Gasteiger partial charge is 0.339 e. The van der Waals surface area contributed by atoms with Crippen molar-refractivity contribution in [2.24, 2.45) is 0 Å². The number of hydrogen-bond acceptors (Lipinski definition) is 3. The van der Waals surface area contributed by atoms with Gasteiger partial charge in [0.2, 0.25) is 15.9 Å². The highest BCUT2D eigenvalue weighted by Crippen LogP contribution is 2.17. The summed E-state index contributed by atoms with van der Waals surface area (Å²) in [5.74, 6) is -0.0584. The summed E-state index contributed by atoms with van der Waals surface area (Å²) in [6.07, 6.45) is 2.44. The molecule has 122 valence electrons. The first kappa shape index (κ1) is 17.2. The van der Waals surface area contributed by atoms with E-state index in [0.29, 0.717) is 23.6 Å². The Kier molecular flexibility index (Phi) is 5.83. The molecule has 1 saturated heterocycles. The van der Waals surface area contributed by atoms with Crippen LogP contribution < -0.4 is 4.72 Å². The molecular weight excluding hydrogens is 324 g/mol. The van der Waals surface area contributed by atoms with Gasteiger partial charge in [-0.1, -0.05) is 29.8 Å². The van der Waals surface area contributed by atoms with Crippen LogP contribution in [0.4, 0.5) is 0 Å². The predicted molar refractivity (Wildman–Crippen MR) is 87.1 cm³/mol. The molecule has 1 N–H and O–H groups in total. The molecule has 1 aliphatic rings. The van der Waals surface area contributed by atoms with Gasteiger partial charge in [-0.3, -0.25) is 4.79 Å². The van der Waals surface area contributed by atoms with Gasteiger partial charge in [-0.2, -0.15) is 0 Å². The lowest BCUT2D eigenvalue weighted by Gasteiger charge is -2.32. The Balaban J connectivity index is 1.92. The number of halogens is 1. The van der Waals surface area contributed by atoms with Crippen molar-refractivity contribution in [2.45, 2.75) is 38.0 Å². The molecule has 5 nitrogen and oxygen atoms in total. The monoisotopic (exact) mass is 344 g/mol. The lowest BCUT2D eigenvalue weighted by Crippen LogP contribution is -2.47. The van der Waals surface area contributed by atoms with Crippen molar-refractivity contribution in [3.05, 3.63) is 34.9 Å². The van der Waals surface area contributed by atoms with Crippen LogP contribution in [0.1, 0.15) is 31.7 Å². The smallest absolute Gasteiger partial charge is 0.222 e. The minimum Gasteiger partial charge on any atom is -0.339 e. The number of nitrogens with one attached hydrogen (secondary N) is 1. The fourth-order valence-corrected chi connectivity index (χ4v) is 4.06. The van der Waals surface area contributed by atoms with Gasteiger partial charge >= 0.3 is 0 Å². The van der Waals surface area contributed by atoms with E-state index in [1.165, 1.54) is 0 Å². The number of likely N-dealkylation sites (tertiary alicyclic amines) is 1. The molecule has 1 aliphatic heterocycles. The quantitative estimate of drug-likeness (QED) is 0.860. The number of sulfonamides is 1. The summed E-state index contributed by atoms with van der Waals surface area (Å²) in [6, 6.07) is 6.73. The van der Waals surface area contributed by atoms with Gasteiger partial charge in [-0.15, -0.1) is 0 Å². The number of hydrogen-bond donors (Lipinski definition) is 1. The van der Waals surface area contributed by atoms with E-state index in [2.05, 4.69) is 4.72 Å². The molecule has 1 aromatic rings. The molecule has 7 heteroatoms. The number of nitrogens with zero attached hydrogens (tertiary/aromatic N) is 1. The van der Waals surface area contributed by atoms with Crippen LogP contribution in [0.15, 0.2) is 24.3 Å². The van der Waals surface area contributed by atoms with Crippen molar-refractivity contribution < 1.29 is 13.2 Å². The van der Waals surface area contributed by atoms with Gasteiger partial charge < -0.3 is 4.90 Å². The molecule has 0 unspecified atom stereocenters. The van der Waals surface area contributed by atoms with E-state index in [1.54, 1.807) is 29.2 Å². The van der Waals surface area contributed by atoms with Crippen LogP contribution in [0, 0.1) is 0 Å². The van der Waals surface area contributed by atoms with Gasteiger partial charge in [0.15, 0.2) is 0 Å². The second-order valence-corrected chi connectivity index (χ2v) is 7.81. The fourth-order valence-electron chi connectivity index (χ4n) is 2.52. The Labute approximate surface area is 136 Å². The van der Waals surface area contributed by atoms with E-state index in [-0.39, 0.29) is 24.2 Å². The SMILES string of the molecule is C[C@@H](CNS(=O)(=O)Cc1ccccc1Cl)N1CCCCC1=O. The van der Waals surface area contributed by atoms with Crippen molar-refractivity contribution >= 4 is 27.5 Å². The summed E-state index contributed by atoms with van der Waals surface area (Å²) >= 11 is 5.99. The molecule has 0 aromatic heterocycles. The van der Waals surface area contributed by atoms with Gasteiger partial charge in [0.25, 0.3) is 0 Å². The van der Waals surface area contributed by atoms with Crippen LogP contribution in [0.3, 0.4) is 0 Å². The first-order valence-electron chi connectivity index (χ1n) is 7.39. The summed E-state index contributed by atoms with van der Waals surface area (Å²) < 4.78 is 26.9. The molecule has 0 spiro atoms. The van der Waals surface area contributed by atoms with E-state index in [1.807, 2.05) is 6.92 Å². The molecule has 1 fully saturated rings. The number of rotatable bonds is 6. The summed E-state index contributed by atoms with van der Waals surface area (Å²) in [7, 11) is -3.48. The van der Waals surface area contributed by atoms with Gasteiger partial charge in [-0.25, -0.2) is 13.1 Å². The maximum Gasteiger partial charge on any atom is 0.222 e. The highest BCUT2D eigenvalue weighted by Gasteiger charge is 2.24. The second kappa shape index (κ2) is 7.44. The van der Waals surface area contributed by atoms with Crippen molar-refractivity contribution in [2.75, 3.05) is 13.1 Å². The van der Waals surface area contributed by atoms with Crippen LogP contribution >= 0.6 is 11.6 Å². The predicted octanol–water partition coefficient (Wildman–Crippen LogP) is 2.16. The first-order chi connectivity index (χ1) is 10.4. The Morgan fingerprint density at radius 1 is 1.32 bits per heavy atom. The van der Waals surface area contributed by atoms with Crippen LogP contribution in [0.2, 0.25) is 5.02 Å². The lowest BCUT2D eigenvalue weighted by molar-refractivity contribution is -0.135. The van der Waals surface area contributed by atoms with Crippen molar-refractivity contribution in [1.29, 1.82) is 0 Å². The molecule has 1 atom stereocenters. The Morgan fingerprint density at radius 3 is 2.73 bits per heavy atom. The minimum absolute atomic E-state index is 0.101. The normalized spacial score (nSPS) is 17.5. The van der Waals surface area contributed by atoms with Crippen molar-refractivity contribution in [3.8, 4) is 0 Å². The van der Waals surface area contributed by atoms with Crippen molar-refractivity contribution in [1.82, 2.24) is 9.62 Å². The average Bonchev–Trinajstić information content (AvgIpc) is 2.48. The highest BCUT2D eigenvalue weighted by molar-refractivity contribution is 7.88. The van der Waals surface area contributed by atoms with Gasteiger partial charge in [0.1, 0.15) is 0 Å². The molecule has 0 aliphatic carbocycles. The number of amides is 1. The molecule has 22 heavy (non-hydrogen) atoms. The van der Waals surface area contributed by atoms with E-state index < -0.39 is 10.0 Å². The summed E-state index contributed by atoms with van der Waals surface area (Å²) in [5.41, 5.74) is 0.568. The zero-order chi connectivity index (χ0) is 16.2. The van der Waals surface area contributed by atoms with Crippen LogP contribution in [0.25, 0.3) is 0 Å². The third-order valence-corrected chi connectivity index (χ3v) is 5.46. The average molecular weight is 345 g/mol. The topological polar surface area (TPSA) is 66.5 Å². The maximum absolute atomic E-state index is 12.1. The third-order valence-electron chi connectivity index (χ3n) is 3.79.